The lowest BCUT2D eigenvalue weighted by atomic mass is 9.81. The summed E-state index contributed by atoms with van der Waals surface area (Å²) in [6.07, 6.45) is 29.0. The van der Waals surface area contributed by atoms with Crippen molar-refractivity contribution < 1.29 is 72.0 Å². The summed E-state index contributed by atoms with van der Waals surface area (Å²) in [5.41, 5.74) is -3.87. The van der Waals surface area contributed by atoms with Crippen LogP contribution in [0.1, 0.15) is 228 Å². The number of esters is 3. The summed E-state index contributed by atoms with van der Waals surface area (Å²) in [6, 6.07) is 12.0. The van der Waals surface area contributed by atoms with Gasteiger partial charge in [-0.2, -0.15) is 11.8 Å². The average molecular weight is 1360 g/mol. The minimum atomic E-state index is -2.35. The molecule has 0 radical (unpaired) electrons. The monoisotopic (exact) mass is 1360 g/mol. The van der Waals surface area contributed by atoms with E-state index < -0.39 is 87.2 Å². The van der Waals surface area contributed by atoms with Crippen molar-refractivity contribution in [2.24, 2.45) is 11.8 Å². The Hall–Kier alpha value is -6.12. The predicted octanol–water partition coefficient (Wildman–Crippen LogP) is 13.7. The summed E-state index contributed by atoms with van der Waals surface area (Å²) in [5.74, 6) is 8.47. The molecule has 534 valence electrons. The second-order valence-electron chi connectivity index (χ2n) is 25.0. The number of nitrogens with one attached hydrogen (secondary N) is 2. The zero-order valence-corrected chi connectivity index (χ0v) is 61.1. The molecule has 7 atom stereocenters. The fourth-order valence-electron chi connectivity index (χ4n) is 10.4. The predicted molar refractivity (Wildman–Crippen MR) is 383 cm³/mol. The van der Waals surface area contributed by atoms with Gasteiger partial charge in [0.25, 0.3) is 0 Å². The molecule has 0 saturated heterocycles. The Morgan fingerprint density at radius 2 is 0.926 bits per heavy atom. The van der Waals surface area contributed by atoms with Crippen LogP contribution in [-0.4, -0.2) is 135 Å². The number of benzene rings is 2. The summed E-state index contributed by atoms with van der Waals surface area (Å²) >= 11 is 2.04. The first-order valence-electron chi connectivity index (χ1n) is 34.7. The molecule has 0 spiro atoms. The fourth-order valence-corrected chi connectivity index (χ4v) is 12.6. The minimum absolute atomic E-state index is 0.00731. The highest BCUT2D eigenvalue weighted by atomic mass is 32.2. The lowest BCUT2D eigenvalue weighted by Crippen LogP contribution is -2.56. The van der Waals surface area contributed by atoms with Gasteiger partial charge < -0.3 is 49.6 Å². The van der Waals surface area contributed by atoms with Crippen molar-refractivity contribution in [1.29, 1.82) is 0 Å². The average Bonchev–Trinajstić information content (AvgIpc) is 0.844. The van der Waals surface area contributed by atoms with E-state index in [2.05, 4.69) is 48.2 Å². The number of carboxylic acid groups (broad SMARTS) is 1. The number of hydrogen-bond donors (Lipinski definition) is 5. The molecule has 95 heavy (non-hydrogen) atoms. The van der Waals surface area contributed by atoms with Crippen LogP contribution in [0.15, 0.2) is 72.8 Å². The van der Waals surface area contributed by atoms with Gasteiger partial charge in [0.15, 0.2) is 11.2 Å². The van der Waals surface area contributed by atoms with E-state index in [9.17, 15) is 48.3 Å². The summed E-state index contributed by atoms with van der Waals surface area (Å²) < 4.78 is 38.8. The highest BCUT2D eigenvalue weighted by molar-refractivity contribution is 7.99. The molecule has 19 heteroatoms. The van der Waals surface area contributed by atoms with Crippen LogP contribution in [0.3, 0.4) is 0 Å². The number of aliphatic hydroxyl groups is 2. The SMILES string of the molecule is CC#CCOc1ccc(C[C@H](NC(=O)[C@@H](/C=C/CCCCCCS(=O)CCCCCCC)[C@@](O)(CCC)C(=O)O)C(=O)OC)cc1.CC#CCOc1ccc(C[C@H](NC(=O)[C@@H](/C=C/CCCCCCSCCCCCCC)[C@@](O)(CCC)C(=O)OC(C)(C)C)C(=O)OC)cc1. The van der Waals surface area contributed by atoms with Gasteiger partial charge in [-0.1, -0.05) is 178 Å². The number of amides is 2. The second kappa shape index (κ2) is 52.1. The highest BCUT2D eigenvalue weighted by Gasteiger charge is 2.49. The van der Waals surface area contributed by atoms with Gasteiger partial charge in [-0.05, 0) is 146 Å². The molecule has 0 bridgehead atoms. The van der Waals surface area contributed by atoms with E-state index in [0.717, 1.165) is 74.7 Å². The van der Waals surface area contributed by atoms with Gasteiger partial charge in [-0.15, -0.1) is 11.8 Å². The van der Waals surface area contributed by atoms with E-state index in [1.54, 1.807) is 102 Å². The van der Waals surface area contributed by atoms with Gasteiger partial charge in [0.2, 0.25) is 11.8 Å². The molecule has 0 heterocycles. The molecule has 2 amide bonds. The number of carbonyl (C=O) groups excluding carboxylic acids is 5. The van der Waals surface area contributed by atoms with Crippen LogP contribution >= 0.6 is 11.8 Å². The van der Waals surface area contributed by atoms with E-state index >= 15 is 0 Å². The van der Waals surface area contributed by atoms with E-state index in [1.807, 2.05) is 24.8 Å². The van der Waals surface area contributed by atoms with Crippen LogP contribution in [-0.2, 0) is 66.6 Å². The molecule has 2 aromatic rings. The topological polar surface area (TPSA) is 250 Å². The molecule has 0 aromatic heterocycles. The van der Waals surface area contributed by atoms with Crippen molar-refractivity contribution in [1.82, 2.24) is 10.6 Å². The molecule has 2 rings (SSSR count). The zero-order valence-electron chi connectivity index (χ0n) is 59.4. The van der Waals surface area contributed by atoms with Crippen molar-refractivity contribution >= 4 is 58.3 Å². The third-order valence-corrected chi connectivity index (χ3v) is 18.4. The van der Waals surface area contributed by atoms with Gasteiger partial charge in [0.1, 0.15) is 42.4 Å². The van der Waals surface area contributed by atoms with Crippen molar-refractivity contribution in [3.63, 3.8) is 0 Å². The minimum Gasteiger partial charge on any atom is -0.481 e. The molecule has 0 aliphatic rings. The van der Waals surface area contributed by atoms with Crippen molar-refractivity contribution in [3.8, 4) is 35.2 Å². The van der Waals surface area contributed by atoms with E-state index in [1.165, 1.54) is 89.6 Å². The summed E-state index contributed by atoms with van der Waals surface area (Å²) in [7, 11) is 1.69. The van der Waals surface area contributed by atoms with Gasteiger partial charge in [-0.3, -0.25) is 13.8 Å². The molecular formula is C76H118N2O15S2. The first-order valence-corrected chi connectivity index (χ1v) is 37.3. The first-order chi connectivity index (χ1) is 45.5. The van der Waals surface area contributed by atoms with Crippen LogP contribution in [0.4, 0.5) is 0 Å². The number of carbonyl (C=O) groups is 6. The number of methoxy groups -OCH3 is 2. The van der Waals surface area contributed by atoms with E-state index in [4.69, 9.17) is 23.7 Å². The number of allylic oxidation sites excluding steroid dienone is 2. The van der Waals surface area contributed by atoms with Crippen LogP contribution in [0, 0.1) is 35.5 Å². The quantitative estimate of drug-likeness (QED) is 0.0136. The maximum Gasteiger partial charge on any atom is 0.339 e. The Morgan fingerprint density at radius 1 is 0.547 bits per heavy atom. The number of hydrogen-bond acceptors (Lipinski definition) is 15. The standard InChI is InChI=1S/C40H63NO7S.C36H55NO8S/c1-8-11-13-17-20-29-49-30-21-18-15-14-16-19-22-34(40(45,27-10-3)38(44)48-39(4,5)6)36(42)41-35(37(43)46-7)31-32-23-25-33(26-24-32)47-28-12-9-2;1-5-8-10-14-17-26-46(43)27-18-15-12-11-13-16-19-31(36(42,24-7-3)35(40)41)33(38)37-32(34(39)44-4)28-29-20-22-30(23-21-29)45-25-9-6-2/h19,22-26,34-35,45H,8,10-11,13-18,20-21,27-31H2,1-7H3,(H,41,42);16,19-23,31-32,42H,5,7-8,10-15,17-18,24-28H2,1-4H3,(H,37,38)(H,40,41)/b22-19+;19-16+/t34-,35+,40+;31-,32+,36+,46?/m11/s1. The Bertz CT molecular complexity index is 2710. The Kier molecular flexibility index (Phi) is 47.6. The number of rotatable bonds is 50. The lowest BCUT2D eigenvalue weighted by Gasteiger charge is -2.34. The Morgan fingerprint density at radius 3 is 1.29 bits per heavy atom. The van der Waals surface area contributed by atoms with Gasteiger partial charge >= 0.3 is 23.9 Å². The highest BCUT2D eigenvalue weighted by Crippen LogP contribution is 2.31. The molecular weight excluding hydrogens is 1240 g/mol. The van der Waals surface area contributed by atoms with Crippen LogP contribution in [0.25, 0.3) is 0 Å². The number of carboxylic acids is 1. The van der Waals surface area contributed by atoms with Gasteiger partial charge in [0.05, 0.1) is 26.1 Å². The lowest BCUT2D eigenvalue weighted by molar-refractivity contribution is -0.184. The van der Waals surface area contributed by atoms with Crippen LogP contribution in [0.2, 0.25) is 0 Å². The van der Waals surface area contributed by atoms with Crippen molar-refractivity contribution in [3.05, 3.63) is 84.0 Å². The normalized spacial score (nSPS) is 14.1. The molecule has 17 nitrogen and oxygen atoms in total. The van der Waals surface area contributed by atoms with Gasteiger partial charge in [-0.25, -0.2) is 19.2 Å². The number of aliphatic carboxylic acids is 1. The van der Waals surface area contributed by atoms with E-state index in [-0.39, 0.29) is 38.9 Å². The molecule has 0 fully saturated rings. The number of ether oxygens (including phenoxy) is 5. The van der Waals surface area contributed by atoms with Crippen molar-refractivity contribution in [2.45, 2.75) is 258 Å². The number of thioether (sulfide) groups is 1. The zero-order chi connectivity index (χ0) is 70.8. The third kappa shape index (κ3) is 37.8. The molecule has 0 aliphatic heterocycles. The maximum absolute atomic E-state index is 13.9. The van der Waals surface area contributed by atoms with Crippen LogP contribution in [0.5, 0.6) is 11.5 Å². The molecule has 0 saturated carbocycles. The Labute approximate surface area is 577 Å². The largest absolute Gasteiger partial charge is 0.481 e. The fraction of sp³-hybridized carbons (Fsp3) is 0.658. The summed E-state index contributed by atoms with van der Waals surface area (Å²) in [4.78, 5) is 78.7. The third-order valence-electron chi connectivity index (χ3n) is 15.7. The van der Waals surface area contributed by atoms with Crippen LogP contribution < -0.4 is 20.1 Å². The van der Waals surface area contributed by atoms with Crippen molar-refractivity contribution in [2.75, 3.05) is 50.4 Å². The Balaban J connectivity index is 0.000000952. The summed E-state index contributed by atoms with van der Waals surface area (Å²) in [6.45, 7) is 17.1. The summed E-state index contributed by atoms with van der Waals surface area (Å²) in [5, 5.41) is 38.4. The second-order valence-corrected chi connectivity index (χ2v) is 27.9. The first kappa shape index (κ1) is 86.9. The molecule has 1 unspecified atom stereocenters. The van der Waals surface area contributed by atoms with E-state index in [0.29, 0.717) is 42.9 Å². The van der Waals surface area contributed by atoms with Gasteiger partial charge in [0, 0.05) is 35.1 Å². The number of unbranched alkanes of at least 4 members (excludes halogenated alkanes) is 16. The maximum atomic E-state index is 13.9. The molecule has 2 aromatic carbocycles. The molecule has 5 N–H and O–H groups in total. The molecule has 0 aliphatic carbocycles. The smallest absolute Gasteiger partial charge is 0.339 e.